The largest absolute Gasteiger partial charge is 0.448 e. The van der Waals surface area contributed by atoms with Crippen LogP contribution in [-0.2, 0) is 16.1 Å². The number of benzene rings is 1. The molecule has 2 amide bonds. The maximum atomic E-state index is 14.8. The highest BCUT2D eigenvalue weighted by molar-refractivity contribution is 6.28. The van der Waals surface area contributed by atoms with Gasteiger partial charge in [0, 0.05) is 13.5 Å². The first-order valence-electron chi connectivity index (χ1n) is 9.71. The number of hydrogen-bond acceptors (Lipinski definition) is 7. The molecule has 3 heterocycles. The van der Waals surface area contributed by atoms with Crippen molar-refractivity contribution in [3.8, 4) is 0 Å². The topological polar surface area (TPSA) is 90.6 Å². The number of nitrogens with one attached hydrogen (secondary N) is 1. The summed E-state index contributed by atoms with van der Waals surface area (Å²) in [7, 11) is 0. The number of hydrazone groups is 1. The predicted molar refractivity (Wildman–Crippen MR) is 113 cm³/mol. The van der Waals surface area contributed by atoms with E-state index in [2.05, 4.69) is 10.4 Å². The zero-order chi connectivity index (χ0) is 22.0. The molecule has 31 heavy (non-hydrogen) atoms. The fourth-order valence-electron chi connectivity index (χ4n) is 3.39. The summed E-state index contributed by atoms with van der Waals surface area (Å²) in [5, 5.41) is 9.07. The third-order valence-electron chi connectivity index (χ3n) is 4.93. The highest BCUT2D eigenvalue weighted by atomic mass is 35.5. The zero-order valence-corrected chi connectivity index (χ0v) is 17.5. The van der Waals surface area contributed by atoms with Crippen LogP contribution in [-0.4, -0.2) is 55.6 Å². The Balaban J connectivity index is 1.39. The molecular formula is C20H21ClFN5O4. The molecule has 2 aliphatic rings. The van der Waals surface area contributed by atoms with Gasteiger partial charge in [0.25, 0.3) is 0 Å². The second kappa shape index (κ2) is 8.84. The van der Waals surface area contributed by atoms with E-state index in [0.717, 1.165) is 0 Å². The molecule has 2 aromatic rings. The Bertz CT molecular complexity index is 1010. The van der Waals surface area contributed by atoms with Gasteiger partial charge in [0.2, 0.25) is 5.91 Å². The number of carbonyl (C=O) groups is 2. The number of carbonyl (C=O) groups excluding carboxylic acids is 2. The first kappa shape index (κ1) is 21.0. The van der Waals surface area contributed by atoms with E-state index >= 15 is 0 Å². The molecule has 0 unspecified atom stereocenters. The number of halogens is 2. The molecule has 11 heteroatoms. The number of nitrogens with zero attached hydrogens (tertiary/aromatic N) is 4. The molecule has 2 aliphatic heterocycles. The maximum Gasteiger partial charge on any atom is 0.414 e. The molecule has 1 fully saturated rings. The minimum Gasteiger partial charge on any atom is -0.448 e. The van der Waals surface area contributed by atoms with Crippen LogP contribution >= 0.6 is 11.6 Å². The van der Waals surface area contributed by atoms with Crippen LogP contribution in [0.4, 0.5) is 20.6 Å². The normalized spacial score (nSPS) is 18.5. The van der Waals surface area contributed by atoms with E-state index in [1.54, 1.807) is 40.5 Å². The van der Waals surface area contributed by atoms with Crippen molar-refractivity contribution in [1.29, 1.82) is 0 Å². The first-order chi connectivity index (χ1) is 14.9. The predicted octanol–water partition coefficient (Wildman–Crippen LogP) is 2.80. The lowest BCUT2D eigenvalue weighted by molar-refractivity contribution is -0.119. The number of furan rings is 1. The molecule has 9 nitrogen and oxygen atoms in total. The Morgan fingerprint density at radius 3 is 2.81 bits per heavy atom. The highest BCUT2D eigenvalue weighted by Gasteiger charge is 2.33. The molecule has 4 rings (SSSR count). The molecule has 1 atom stereocenters. The lowest BCUT2D eigenvalue weighted by Crippen LogP contribution is -2.38. The van der Waals surface area contributed by atoms with Crippen molar-refractivity contribution in [3.05, 3.63) is 47.1 Å². The molecule has 0 aliphatic carbocycles. The van der Waals surface area contributed by atoms with Gasteiger partial charge in [-0.1, -0.05) is 0 Å². The van der Waals surface area contributed by atoms with E-state index in [0.29, 0.717) is 42.0 Å². The van der Waals surface area contributed by atoms with Crippen molar-refractivity contribution in [2.75, 3.05) is 36.0 Å². The third kappa shape index (κ3) is 4.91. The van der Waals surface area contributed by atoms with E-state index < -0.39 is 18.0 Å². The van der Waals surface area contributed by atoms with Crippen LogP contribution in [0.15, 0.2) is 39.9 Å². The first-order valence-corrected chi connectivity index (χ1v) is 10.1. The Hall–Kier alpha value is -3.27. The Kier molecular flexibility index (Phi) is 5.99. The number of amides is 2. The molecule has 0 spiro atoms. The van der Waals surface area contributed by atoms with Gasteiger partial charge >= 0.3 is 6.09 Å². The van der Waals surface area contributed by atoms with Crippen LogP contribution in [0.25, 0.3) is 0 Å². The highest BCUT2D eigenvalue weighted by Crippen LogP contribution is 2.28. The van der Waals surface area contributed by atoms with Gasteiger partial charge in [-0.3, -0.25) is 14.7 Å². The van der Waals surface area contributed by atoms with Crippen LogP contribution < -0.4 is 15.1 Å². The molecule has 1 aromatic carbocycles. The molecule has 1 saturated heterocycles. The standard InChI is InChI=1S/C20H21ClFN5O4/c1-13(28)23-9-16-11-27(20(29)31-16)14-2-4-18(17(22)8-14)25-6-7-26(24-12-25)10-15-3-5-19(21)30-15/h2-5,8,12,16H,6-7,9-11H2,1H3,(H,23,28)/t16-/m0/s1. The van der Waals surface area contributed by atoms with Gasteiger partial charge in [0.05, 0.1) is 37.6 Å². The van der Waals surface area contributed by atoms with Crippen LogP contribution in [0.5, 0.6) is 0 Å². The summed E-state index contributed by atoms with van der Waals surface area (Å²) in [6.07, 6.45) is 0.499. The van der Waals surface area contributed by atoms with Crippen LogP contribution in [0.3, 0.4) is 0 Å². The summed E-state index contributed by atoms with van der Waals surface area (Å²) in [6.45, 7) is 3.39. The van der Waals surface area contributed by atoms with E-state index in [4.69, 9.17) is 20.8 Å². The minimum atomic E-state index is -0.573. The Labute approximate surface area is 183 Å². The summed E-state index contributed by atoms with van der Waals surface area (Å²) in [6, 6.07) is 8.01. The monoisotopic (exact) mass is 449 g/mol. The molecule has 1 N–H and O–H groups in total. The fraction of sp³-hybridized carbons (Fsp3) is 0.350. The molecule has 0 saturated carbocycles. The van der Waals surface area contributed by atoms with E-state index in [-0.39, 0.29) is 19.0 Å². The van der Waals surface area contributed by atoms with Crippen molar-refractivity contribution in [3.63, 3.8) is 0 Å². The smallest absolute Gasteiger partial charge is 0.414 e. The Morgan fingerprint density at radius 2 is 2.16 bits per heavy atom. The average molecular weight is 450 g/mol. The van der Waals surface area contributed by atoms with Gasteiger partial charge in [0.15, 0.2) is 5.22 Å². The molecule has 0 radical (unpaired) electrons. The zero-order valence-electron chi connectivity index (χ0n) is 16.8. The number of hydrogen-bond donors (Lipinski definition) is 1. The van der Waals surface area contributed by atoms with Crippen molar-refractivity contribution in [2.45, 2.75) is 19.6 Å². The van der Waals surface area contributed by atoms with E-state index in [1.165, 1.54) is 17.9 Å². The summed E-state index contributed by atoms with van der Waals surface area (Å²) in [5.41, 5.74) is 0.748. The second-order valence-corrected chi connectivity index (χ2v) is 7.58. The summed E-state index contributed by atoms with van der Waals surface area (Å²) in [5.74, 6) is 0.00776. The van der Waals surface area contributed by atoms with Gasteiger partial charge in [-0.05, 0) is 41.9 Å². The molecule has 164 valence electrons. The van der Waals surface area contributed by atoms with E-state index in [9.17, 15) is 14.0 Å². The van der Waals surface area contributed by atoms with Gasteiger partial charge < -0.3 is 19.4 Å². The lowest BCUT2D eigenvalue weighted by Gasteiger charge is -2.30. The Morgan fingerprint density at radius 1 is 1.32 bits per heavy atom. The van der Waals surface area contributed by atoms with Crippen LogP contribution in [0, 0.1) is 5.82 Å². The average Bonchev–Trinajstić information content (AvgIpc) is 3.32. The van der Waals surface area contributed by atoms with Gasteiger partial charge in [-0.2, -0.15) is 5.10 Å². The number of ether oxygens (including phenoxy) is 1. The van der Waals surface area contributed by atoms with Gasteiger partial charge in [-0.15, -0.1) is 0 Å². The SMILES string of the molecule is CC(=O)NC[C@H]1CN(c2ccc(N3C=NN(Cc4ccc(Cl)o4)CC3)c(F)c2)C(=O)O1. The number of rotatable bonds is 6. The lowest BCUT2D eigenvalue weighted by atomic mass is 10.2. The van der Waals surface area contributed by atoms with Crippen molar-refractivity contribution < 1.29 is 23.1 Å². The van der Waals surface area contributed by atoms with Crippen molar-refractivity contribution in [1.82, 2.24) is 10.3 Å². The van der Waals surface area contributed by atoms with Crippen molar-refractivity contribution in [2.24, 2.45) is 5.10 Å². The summed E-state index contributed by atoms with van der Waals surface area (Å²) >= 11 is 5.78. The summed E-state index contributed by atoms with van der Waals surface area (Å²) in [4.78, 5) is 26.2. The number of anilines is 2. The number of cyclic esters (lactones) is 1. The minimum absolute atomic E-state index is 0.209. The van der Waals surface area contributed by atoms with Gasteiger partial charge in [-0.25, -0.2) is 9.18 Å². The second-order valence-electron chi connectivity index (χ2n) is 7.21. The molecular weight excluding hydrogens is 429 g/mol. The molecule has 1 aromatic heterocycles. The van der Waals surface area contributed by atoms with Crippen LogP contribution in [0.2, 0.25) is 5.22 Å². The van der Waals surface area contributed by atoms with Crippen LogP contribution in [0.1, 0.15) is 12.7 Å². The maximum absolute atomic E-state index is 14.8. The van der Waals surface area contributed by atoms with Gasteiger partial charge in [0.1, 0.15) is 24.0 Å². The van der Waals surface area contributed by atoms with E-state index in [1.807, 2.05) is 0 Å². The molecule has 0 bridgehead atoms. The summed E-state index contributed by atoms with van der Waals surface area (Å²) < 4.78 is 25.4. The van der Waals surface area contributed by atoms with Crippen molar-refractivity contribution >= 4 is 41.3 Å². The fourth-order valence-corrected chi connectivity index (χ4v) is 3.55. The quantitative estimate of drug-likeness (QED) is 0.729. The third-order valence-corrected chi connectivity index (χ3v) is 5.13.